The Labute approximate surface area is 126 Å². The second-order valence-corrected chi connectivity index (χ2v) is 5.66. The van der Waals surface area contributed by atoms with Gasteiger partial charge in [0.15, 0.2) is 0 Å². The van der Waals surface area contributed by atoms with Crippen LogP contribution in [0.3, 0.4) is 0 Å². The first-order valence-corrected chi connectivity index (χ1v) is 8.09. The van der Waals surface area contributed by atoms with E-state index < -0.39 is 0 Å². The van der Waals surface area contributed by atoms with E-state index in [0.29, 0.717) is 12.1 Å². The Kier molecular flexibility index (Phi) is 6.00. The van der Waals surface area contributed by atoms with Gasteiger partial charge in [-0.25, -0.2) is 0 Å². The Hall–Kier alpha value is -1.61. The van der Waals surface area contributed by atoms with Crippen LogP contribution in [0.4, 0.5) is 0 Å². The molecule has 0 fully saturated rings. The van der Waals surface area contributed by atoms with Crippen LogP contribution in [0.2, 0.25) is 0 Å². The van der Waals surface area contributed by atoms with Crippen molar-refractivity contribution < 1.29 is 0 Å². The second-order valence-electron chi connectivity index (χ2n) is 5.66. The summed E-state index contributed by atoms with van der Waals surface area (Å²) in [6, 6.07) is 9.99. The molecule has 0 radical (unpaired) electrons. The number of para-hydroxylation sites is 1. The highest BCUT2D eigenvalue weighted by atomic mass is 16.1. The number of fused-ring (bicyclic) bond motifs is 1. The fraction of sp³-hybridized carbons (Fsp3) is 0.500. The molecule has 3 nitrogen and oxygen atoms in total. The third kappa shape index (κ3) is 3.94. The average molecular weight is 286 g/mol. The van der Waals surface area contributed by atoms with Gasteiger partial charge in [-0.3, -0.25) is 4.79 Å². The van der Waals surface area contributed by atoms with E-state index in [0.717, 1.165) is 23.9 Å². The van der Waals surface area contributed by atoms with E-state index >= 15 is 0 Å². The van der Waals surface area contributed by atoms with Gasteiger partial charge in [0.1, 0.15) is 0 Å². The topological polar surface area (TPSA) is 48.0 Å². The van der Waals surface area contributed by atoms with Gasteiger partial charge in [0, 0.05) is 18.7 Å². The third-order valence-electron chi connectivity index (χ3n) is 4.03. The molecule has 0 spiro atoms. The molecule has 0 amide bonds. The van der Waals surface area contributed by atoms with Crippen molar-refractivity contribution in [2.75, 3.05) is 0 Å². The molecule has 2 aromatic rings. The van der Waals surface area contributed by atoms with Gasteiger partial charge in [0.05, 0.1) is 5.52 Å². The van der Waals surface area contributed by atoms with E-state index in [9.17, 15) is 4.79 Å². The van der Waals surface area contributed by atoms with Gasteiger partial charge in [0.25, 0.3) is 5.56 Å². The first kappa shape index (κ1) is 15.8. The van der Waals surface area contributed by atoms with Crippen molar-refractivity contribution in [1.82, 2.24) is 4.57 Å². The Morgan fingerprint density at radius 2 is 1.76 bits per heavy atom. The van der Waals surface area contributed by atoms with Crippen LogP contribution in [-0.2, 0) is 13.1 Å². The predicted octanol–water partition coefficient (Wildman–Crippen LogP) is 3.82. The number of unbranched alkanes of at least 4 members (excludes halogenated alkanes) is 5. The zero-order valence-electron chi connectivity index (χ0n) is 13.0. The number of hydrogen-bond acceptors (Lipinski definition) is 2. The smallest absolute Gasteiger partial charge is 0.255 e. The van der Waals surface area contributed by atoms with Crippen molar-refractivity contribution in [2.45, 2.75) is 58.5 Å². The Morgan fingerprint density at radius 3 is 2.52 bits per heavy atom. The molecule has 0 unspecified atom stereocenters. The molecule has 0 aliphatic carbocycles. The van der Waals surface area contributed by atoms with Gasteiger partial charge in [-0.05, 0) is 23.9 Å². The molecule has 1 aromatic heterocycles. The molecule has 0 saturated carbocycles. The summed E-state index contributed by atoms with van der Waals surface area (Å²) in [6.07, 6.45) is 7.38. The van der Waals surface area contributed by atoms with Crippen LogP contribution < -0.4 is 11.3 Å². The number of aryl methyl sites for hydroxylation is 1. The quantitative estimate of drug-likeness (QED) is 0.750. The van der Waals surface area contributed by atoms with Crippen LogP contribution >= 0.6 is 0 Å². The highest BCUT2D eigenvalue weighted by Crippen LogP contribution is 2.14. The summed E-state index contributed by atoms with van der Waals surface area (Å²) >= 11 is 0. The summed E-state index contributed by atoms with van der Waals surface area (Å²) in [5.41, 5.74) is 7.51. The SMILES string of the molecule is CCCCCCCCn1c(=O)c(CN)cc2ccccc21. The van der Waals surface area contributed by atoms with Crippen LogP contribution in [-0.4, -0.2) is 4.57 Å². The monoisotopic (exact) mass is 286 g/mol. The molecule has 1 heterocycles. The lowest BCUT2D eigenvalue weighted by Gasteiger charge is -2.12. The molecule has 0 atom stereocenters. The summed E-state index contributed by atoms with van der Waals surface area (Å²) in [5.74, 6) is 0. The highest BCUT2D eigenvalue weighted by Gasteiger charge is 2.07. The largest absolute Gasteiger partial charge is 0.326 e. The van der Waals surface area contributed by atoms with Crippen LogP contribution in [0, 0.1) is 0 Å². The Balaban J connectivity index is 2.14. The van der Waals surface area contributed by atoms with E-state index in [4.69, 9.17) is 5.73 Å². The maximum absolute atomic E-state index is 12.5. The van der Waals surface area contributed by atoms with E-state index in [1.54, 1.807) is 0 Å². The van der Waals surface area contributed by atoms with E-state index in [1.165, 1.54) is 32.1 Å². The van der Waals surface area contributed by atoms with E-state index in [-0.39, 0.29) is 5.56 Å². The lowest BCUT2D eigenvalue weighted by atomic mass is 10.1. The van der Waals surface area contributed by atoms with Gasteiger partial charge in [0.2, 0.25) is 0 Å². The molecule has 2 rings (SSSR count). The normalized spacial score (nSPS) is 11.1. The number of rotatable bonds is 8. The molecule has 0 aliphatic rings. The molecule has 0 saturated heterocycles. The third-order valence-corrected chi connectivity index (χ3v) is 4.03. The van der Waals surface area contributed by atoms with Gasteiger partial charge >= 0.3 is 0 Å². The maximum atomic E-state index is 12.5. The minimum absolute atomic E-state index is 0.0739. The zero-order valence-corrected chi connectivity index (χ0v) is 13.0. The van der Waals surface area contributed by atoms with Crippen molar-refractivity contribution >= 4 is 10.9 Å². The zero-order chi connectivity index (χ0) is 15.1. The minimum atomic E-state index is 0.0739. The van der Waals surface area contributed by atoms with Crippen molar-refractivity contribution in [3.8, 4) is 0 Å². The number of hydrogen-bond donors (Lipinski definition) is 1. The van der Waals surface area contributed by atoms with E-state index in [1.807, 2.05) is 34.9 Å². The van der Waals surface area contributed by atoms with Crippen molar-refractivity contribution in [1.29, 1.82) is 0 Å². The summed E-state index contributed by atoms with van der Waals surface area (Å²) < 4.78 is 1.90. The summed E-state index contributed by atoms with van der Waals surface area (Å²) in [7, 11) is 0. The molecule has 114 valence electrons. The standard InChI is InChI=1S/C18H26N2O/c1-2-3-4-5-6-9-12-20-17-11-8-7-10-15(17)13-16(14-19)18(20)21/h7-8,10-11,13H,2-6,9,12,14,19H2,1H3. The maximum Gasteiger partial charge on any atom is 0.255 e. The van der Waals surface area contributed by atoms with Crippen molar-refractivity contribution in [3.63, 3.8) is 0 Å². The van der Waals surface area contributed by atoms with Crippen molar-refractivity contribution in [2.24, 2.45) is 5.73 Å². The molecule has 0 aliphatic heterocycles. The molecular formula is C18H26N2O. The molecule has 21 heavy (non-hydrogen) atoms. The molecule has 1 aromatic carbocycles. The lowest BCUT2D eigenvalue weighted by Crippen LogP contribution is -2.25. The minimum Gasteiger partial charge on any atom is -0.326 e. The second kappa shape index (κ2) is 7.99. The molecular weight excluding hydrogens is 260 g/mol. The van der Waals surface area contributed by atoms with Crippen molar-refractivity contribution in [3.05, 3.63) is 46.2 Å². The van der Waals surface area contributed by atoms with Crippen LogP contribution in [0.1, 0.15) is 51.0 Å². The molecule has 3 heteroatoms. The number of nitrogens with two attached hydrogens (primary N) is 1. The van der Waals surface area contributed by atoms with Gasteiger partial charge < -0.3 is 10.3 Å². The number of pyridine rings is 1. The predicted molar refractivity (Wildman–Crippen MR) is 89.5 cm³/mol. The highest BCUT2D eigenvalue weighted by molar-refractivity contribution is 5.79. The summed E-state index contributed by atoms with van der Waals surface area (Å²) in [5, 5.41) is 1.10. The van der Waals surface area contributed by atoms with Crippen LogP contribution in [0.25, 0.3) is 10.9 Å². The summed E-state index contributed by atoms with van der Waals surface area (Å²) in [4.78, 5) is 12.5. The Bertz CT molecular complexity index is 631. The first-order chi connectivity index (χ1) is 10.3. The van der Waals surface area contributed by atoms with Gasteiger partial charge in [-0.2, -0.15) is 0 Å². The van der Waals surface area contributed by atoms with Gasteiger partial charge in [-0.15, -0.1) is 0 Å². The fourth-order valence-corrected chi connectivity index (χ4v) is 2.81. The first-order valence-electron chi connectivity index (χ1n) is 8.09. The molecule has 2 N–H and O–H groups in total. The van der Waals surface area contributed by atoms with E-state index in [2.05, 4.69) is 6.92 Å². The van der Waals surface area contributed by atoms with Crippen LogP contribution in [0.5, 0.6) is 0 Å². The lowest BCUT2D eigenvalue weighted by molar-refractivity contribution is 0.556. The Morgan fingerprint density at radius 1 is 1.05 bits per heavy atom. The van der Waals surface area contributed by atoms with Crippen LogP contribution in [0.15, 0.2) is 35.1 Å². The summed E-state index contributed by atoms with van der Waals surface area (Å²) in [6.45, 7) is 3.32. The number of aromatic nitrogens is 1. The molecule has 0 bridgehead atoms. The number of nitrogens with zero attached hydrogens (tertiary/aromatic N) is 1. The average Bonchev–Trinajstić information content (AvgIpc) is 2.52. The fourth-order valence-electron chi connectivity index (χ4n) is 2.81. The number of benzene rings is 1. The van der Waals surface area contributed by atoms with Gasteiger partial charge in [-0.1, -0.05) is 57.2 Å².